The second kappa shape index (κ2) is 9.68. The number of methoxy groups -OCH3 is 3. The predicted molar refractivity (Wildman–Crippen MR) is 132 cm³/mol. The highest BCUT2D eigenvalue weighted by Crippen LogP contribution is 2.39. The van der Waals surface area contributed by atoms with Crippen molar-refractivity contribution in [3.05, 3.63) is 48.4 Å². The van der Waals surface area contributed by atoms with Crippen LogP contribution in [0.5, 0.6) is 17.2 Å². The zero-order chi connectivity index (χ0) is 26.2. The molecular formula is C25H25F3N6O3. The SMILES string of the molecule is COc1cc(-n2cnc(Nc3nc(N4CCCC4)nc4cc(C(F)(F)F)ccc34)c2)cc(OC)c1OC. The topological polar surface area (TPSA) is 86.6 Å². The maximum absolute atomic E-state index is 13.4. The Bertz CT molecular complexity index is 1410. The first-order valence-corrected chi connectivity index (χ1v) is 11.6. The van der Waals surface area contributed by atoms with Crippen LogP contribution in [0.2, 0.25) is 0 Å². The van der Waals surface area contributed by atoms with E-state index in [1.807, 2.05) is 4.90 Å². The third kappa shape index (κ3) is 4.78. The fraction of sp³-hybridized carbons (Fsp3) is 0.320. The lowest BCUT2D eigenvalue weighted by atomic mass is 10.1. The number of imidazole rings is 1. The van der Waals surface area contributed by atoms with Crippen molar-refractivity contribution in [2.75, 3.05) is 44.6 Å². The van der Waals surface area contributed by atoms with Gasteiger partial charge in [-0.1, -0.05) is 0 Å². The van der Waals surface area contributed by atoms with E-state index in [4.69, 9.17) is 14.2 Å². The standard InChI is InChI=1S/C25H25F3N6O3/c1-35-19-11-16(12-20(36-2)22(19)37-3)34-13-21(29-14-34)31-23-17-7-6-15(25(26,27)28)10-18(17)30-24(32-23)33-8-4-5-9-33/h6-7,10-14H,4-5,8-9H2,1-3H3,(H,30,31,32). The molecule has 9 nitrogen and oxygen atoms in total. The molecule has 0 saturated carbocycles. The predicted octanol–water partition coefficient (Wildman–Crippen LogP) is 5.20. The molecule has 1 aliphatic rings. The van der Waals surface area contributed by atoms with Crippen LogP contribution < -0.4 is 24.4 Å². The Morgan fingerprint density at radius 3 is 2.24 bits per heavy atom. The van der Waals surface area contributed by atoms with E-state index in [1.165, 1.54) is 27.4 Å². The van der Waals surface area contributed by atoms with Crippen molar-refractivity contribution in [3.63, 3.8) is 0 Å². The Morgan fingerprint density at radius 1 is 0.919 bits per heavy atom. The van der Waals surface area contributed by atoms with Crippen LogP contribution in [0.15, 0.2) is 42.9 Å². The Hall–Kier alpha value is -4.22. The number of ether oxygens (including phenoxy) is 3. The van der Waals surface area contributed by atoms with Crippen LogP contribution >= 0.6 is 0 Å². The number of rotatable bonds is 7. The molecule has 194 valence electrons. The van der Waals surface area contributed by atoms with Crippen LogP contribution in [0.4, 0.5) is 30.8 Å². The second-order valence-corrected chi connectivity index (χ2v) is 8.47. The van der Waals surface area contributed by atoms with Crippen LogP contribution in [-0.2, 0) is 6.18 Å². The van der Waals surface area contributed by atoms with Crippen molar-refractivity contribution in [2.45, 2.75) is 19.0 Å². The highest BCUT2D eigenvalue weighted by atomic mass is 19.4. The van der Waals surface area contributed by atoms with E-state index >= 15 is 0 Å². The van der Waals surface area contributed by atoms with Gasteiger partial charge in [-0.15, -0.1) is 0 Å². The zero-order valence-corrected chi connectivity index (χ0v) is 20.5. The van der Waals surface area contributed by atoms with Crippen molar-refractivity contribution in [2.24, 2.45) is 0 Å². The van der Waals surface area contributed by atoms with E-state index in [9.17, 15) is 13.2 Å². The van der Waals surface area contributed by atoms with Gasteiger partial charge < -0.3 is 29.0 Å². The van der Waals surface area contributed by atoms with Gasteiger partial charge in [-0.2, -0.15) is 18.2 Å². The van der Waals surface area contributed by atoms with Gasteiger partial charge in [-0.3, -0.25) is 0 Å². The van der Waals surface area contributed by atoms with E-state index < -0.39 is 11.7 Å². The molecule has 0 unspecified atom stereocenters. The highest BCUT2D eigenvalue weighted by Gasteiger charge is 2.31. The van der Waals surface area contributed by atoms with Crippen molar-refractivity contribution < 1.29 is 27.4 Å². The Morgan fingerprint density at radius 2 is 1.62 bits per heavy atom. The summed E-state index contributed by atoms with van der Waals surface area (Å²) >= 11 is 0. The molecule has 1 aliphatic heterocycles. The zero-order valence-electron chi connectivity index (χ0n) is 20.5. The van der Waals surface area contributed by atoms with Crippen LogP contribution in [0.25, 0.3) is 16.6 Å². The number of alkyl halides is 3. The van der Waals surface area contributed by atoms with Gasteiger partial charge in [0.1, 0.15) is 18.0 Å². The summed E-state index contributed by atoms with van der Waals surface area (Å²) in [6.45, 7) is 1.50. The maximum atomic E-state index is 13.4. The van der Waals surface area contributed by atoms with Crippen molar-refractivity contribution in [3.8, 4) is 22.9 Å². The fourth-order valence-electron chi connectivity index (χ4n) is 4.31. The summed E-state index contributed by atoms with van der Waals surface area (Å²) in [6.07, 6.45) is 0.807. The summed E-state index contributed by atoms with van der Waals surface area (Å²) < 4.78 is 58.1. The molecule has 2 aromatic heterocycles. The molecule has 12 heteroatoms. The van der Waals surface area contributed by atoms with Gasteiger partial charge in [-0.05, 0) is 31.0 Å². The molecule has 2 aromatic carbocycles. The number of hydrogen-bond acceptors (Lipinski definition) is 8. The smallest absolute Gasteiger partial charge is 0.416 e. The van der Waals surface area contributed by atoms with Crippen molar-refractivity contribution in [1.29, 1.82) is 0 Å². The first-order valence-electron chi connectivity index (χ1n) is 11.6. The number of nitrogens with zero attached hydrogens (tertiary/aromatic N) is 5. The van der Waals surface area contributed by atoms with E-state index in [2.05, 4.69) is 20.3 Å². The Kier molecular flexibility index (Phi) is 6.40. The highest BCUT2D eigenvalue weighted by molar-refractivity contribution is 5.92. The summed E-state index contributed by atoms with van der Waals surface area (Å²) in [5, 5.41) is 3.62. The molecule has 0 spiro atoms. The van der Waals surface area contributed by atoms with Crippen LogP contribution in [0.3, 0.4) is 0 Å². The van der Waals surface area contributed by atoms with E-state index in [0.717, 1.165) is 38.1 Å². The number of aromatic nitrogens is 4. The minimum absolute atomic E-state index is 0.207. The Labute approximate surface area is 210 Å². The fourth-order valence-corrected chi connectivity index (χ4v) is 4.31. The minimum Gasteiger partial charge on any atom is -0.493 e. The molecule has 0 atom stereocenters. The lowest BCUT2D eigenvalue weighted by Crippen LogP contribution is -2.21. The first-order chi connectivity index (χ1) is 17.8. The summed E-state index contributed by atoms with van der Waals surface area (Å²) in [5.74, 6) is 2.63. The quantitative estimate of drug-likeness (QED) is 0.360. The molecule has 0 bridgehead atoms. The van der Waals surface area contributed by atoms with Gasteiger partial charge in [0, 0.05) is 30.6 Å². The minimum atomic E-state index is -4.47. The number of anilines is 3. The van der Waals surface area contributed by atoms with Crippen LogP contribution in [0, 0.1) is 0 Å². The molecular weight excluding hydrogens is 489 g/mol. The monoisotopic (exact) mass is 514 g/mol. The van der Waals surface area contributed by atoms with Gasteiger partial charge in [0.2, 0.25) is 11.7 Å². The second-order valence-electron chi connectivity index (χ2n) is 8.47. The lowest BCUT2D eigenvalue weighted by molar-refractivity contribution is -0.137. The number of benzene rings is 2. The third-order valence-corrected chi connectivity index (χ3v) is 6.18. The first kappa shape index (κ1) is 24.5. The number of nitrogens with one attached hydrogen (secondary N) is 1. The van der Waals surface area contributed by atoms with E-state index in [1.54, 1.807) is 29.2 Å². The molecule has 1 N–H and O–H groups in total. The van der Waals surface area contributed by atoms with Gasteiger partial charge in [0.05, 0.1) is 44.3 Å². The molecule has 37 heavy (non-hydrogen) atoms. The Balaban J connectivity index is 1.53. The molecule has 0 amide bonds. The summed E-state index contributed by atoms with van der Waals surface area (Å²) in [5.41, 5.74) is 0.150. The third-order valence-electron chi connectivity index (χ3n) is 6.18. The summed E-state index contributed by atoms with van der Waals surface area (Å²) in [6, 6.07) is 7.01. The summed E-state index contributed by atoms with van der Waals surface area (Å²) in [7, 11) is 4.59. The molecule has 4 aromatic rings. The van der Waals surface area contributed by atoms with Crippen molar-refractivity contribution in [1.82, 2.24) is 19.5 Å². The van der Waals surface area contributed by atoms with E-state index in [0.29, 0.717) is 45.9 Å². The number of fused-ring (bicyclic) bond motifs is 1. The van der Waals surface area contributed by atoms with Crippen LogP contribution in [0.1, 0.15) is 18.4 Å². The molecule has 1 fully saturated rings. The largest absolute Gasteiger partial charge is 0.493 e. The summed E-state index contributed by atoms with van der Waals surface area (Å²) in [4.78, 5) is 15.5. The average molecular weight is 515 g/mol. The normalized spacial score (nSPS) is 13.7. The van der Waals surface area contributed by atoms with Gasteiger partial charge in [-0.25, -0.2) is 9.97 Å². The maximum Gasteiger partial charge on any atom is 0.416 e. The number of hydrogen-bond donors (Lipinski definition) is 1. The van der Waals surface area contributed by atoms with Gasteiger partial charge in [0.15, 0.2) is 11.5 Å². The van der Waals surface area contributed by atoms with Crippen molar-refractivity contribution >= 4 is 28.5 Å². The molecule has 1 saturated heterocycles. The molecule has 0 radical (unpaired) electrons. The molecule has 3 heterocycles. The lowest BCUT2D eigenvalue weighted by Gasteiger charge is -2.18. The molecule has 5 rings (SSSR count). The van der Waals surface area contributed by atoms with E-state index in [-0.39, 0.29) is 5.52 Å². The van der Waals surface area contributed by atoms with Gasteiger partial charge >= 0.3 is 6.18 Å². The molecule has 0 aliphatic carbocycles. The number of halogens is 3. The average Bonchev–Trinajstić information content (AvgIpc) is 3.59. The van der Waals surface area contributed by atoms with Crippen LogP contribution in [-0.4, -0.2) is 53.9 Å². The van der Waals surface area contributed by atoms with Gasteiger partial charge in [0.25, 0.3) is 0 Å².